The molecule has 2 heterocycles. The molecule has 4 rings (SSSR count). The van der Waals surface area contributed by atoms with Crippen molar-refractivity contribution < 1.29 is 0 Å². The van der Waals surface area contributed by atoms with E-state index in [0.29, 0.717) is 0 Å². The average molecular weight is 369 g/mol. The monoisotopic (exact) mass is 368 g/mol. The third-order valence-corrected chi connectivity index (χ3v) is 5.48. The summed E-state index contributed by atoms with van der Waals surface area (Å²) in [5.41, 5.74) is 5.09. The van der Waals surface area contributed by atoms with Crippen LogP contribution in [0.3, 0.4) is 0 Å². The molecule has 0 unspecified atom stereocenters. The standard InChI is InChI=1S/C21H25ClN4/c1-24(2)19-7-8-21-20(13-19)16(14-23-21)15-25-9-11-26(12-10-25)18-5-3-17(22)4-6-18/h3-8,13-14,23H,9-12,15H2,1-2H3. The van der Waals surface area contributed by atoms with Crippen LogP contribution >= 0.6 is 11.6 Å². The van der Waals surface area contributed by atoms with Crippen LogP contribution in [0.25, 0.3) is 10.9 Å². The Kier molecular flexibility index (Phi) is 4.79. The third-order valence-electron chi connectivity index (χ3n) is 5.23. The van der Waals surface area contributed by atoms with Gasteiger partial charge in [0.2, 0.25) is 0 Å². The Morgan fingerprint density at radius 2 is 1.73 bits per heavy atom. The molecular weight excluding hydrogens is 344 g/mol. The first-order valence-electron chi connectivity index (χ1n) is 9.10. The van der Waals surface area contributed by atoms with Gasteiger partial charge in [0.15, 0.2) is 0 Å². The summed E-state index contributed by atoms with van der Waals surface area (Å²) in [5.74, 6) is 0. The molecule has 0 aliphatic carbocycles. The fourth-order valence-corrected chi connectivity index (χ4v) is 3.76. The molecule has 3 aromatic rings. The van der Waals surface area contributed by atoms with Gasteiger partial charge in [-0.3, -0.25) is 4.90 Å². The van der Waals surface area contributed by atoms with Crippen LogP contribution < -0.4 is 9.80 Å². The maximum atomic E-state index is 6.00. The van der Waals surface area contributed by atoms with Gasteiger partial charge in [0.25, 0.3) is 0 Å². The highest BCUT2D eigenvalue weighted by Crippen LogP contribution is 2.26. The van der Waals surface area contributed by atoms with Crippen LogP contribution in [0.15, 0.2) is 48.7 Å². The number of piperazine rings is 1. The Morgan fingerprint density at radius 1 is 1.00 bits per heavy atom. The highest BCUT2D eigenvalue weighted by molar-refractivity contribution is 6.30. The van der Waals surface area contributed by atoms with Gasteiger partial charge in [0, 0.05) is 80.3 Å². The van der Waals surface area contributed by atoms with E-state index in [2.05, 4.69) is 70.3 Å². The van der Waals surface area contributed by atoms with E-state index in [1.54, 1.807) is 0 Å². The fraction of sp³-hybridized carbons (Fsp3) is 0.333. The number of aromatic amines is 1. The second-order valence-corrected chi connectivity index (χ2v) is 7.61. The first kappa shape index (κ1) is 17.3. The summed E-state index contributed by atoms with van der Waals surface area (Å²) < 4.78 is 0. The zero-order valence-electron chi connectivity index (χ0n) is 15.4. The minimum Gasteiger partial charge on any atom is -0.378 e. The predicted octanol–water partition coefficient (Wildman–Crippen LogP) is 4.21. The average Bonchev–Trinajstić information content (AvgIpc) is 3.05. The Labute approximate surface area is 160 Å². The van der Waals surface area contributed by atoms with Crippen molar-refractivity contribution in [2.45, 2.75) is 6.54 Å². The van der Waals surface area contributed by atoms with Gasteiger partial charge in [-0.05, 0) is 48.0 Å². The number of hydrogen-bond acceptors (Lipinski definition) is 3. The van der Waals surface area contributed by atoms with Crippen molar-refractivity contribution in [1.82, 2.24) is 9.88 Å². The van der Waals surface area contributed by atoms with Crippen LogP contribution in [-0.2, 0) is 6.54 Å². The number of nitrogens with zero attached hydrogens (tertiary/aromatic N) is 3. The topological polar surface area (TPSA) is 25.5 Å². The second kappa shape index (κ2) is 7.22. The molecule has 0 bridgehead atoms. The Hall–Kier alpha value is -2.17. The van der Waals surface area contributed by atoms with Gasteiger partial charge in [-0.15, -0.1) is 0 Å². The number of H-pyrrole nitrogens is 1. The highest BCUT2D eigenvalue weighted by Gasteiger charge is 2.18. The van der Waals surface area contributed by atoms with Crippen molar-refractivity contribution in [3.63, 3.8) is 0 Å². The molecule has 1 aliphatic rings. The first-order valence-corrected chi connectivity index (χ1v) is 9.48. The summed E-state index contributed by atoms with van der Waals surface area (Å²) in [6, 6.07) is 14.8. The summed E-state index contributed by atoms with van der Waals surface area (Å²) in [6.07, 6.45) is 2.16. The SMILES string of the molecule is CN(C)c1ccc2[nH]cc(CN3CCN(c4ccc(Cl)cc4)CC3)c2c1. The molecule has 0 radical (unpaired) electrons. The van der Waals surface area contributed by atoms with E-state index in [1.807, 2.05) is 12.1 Å². The molecule has 4 nitrogen and oxygen atoms in total. The molecule has 26 heavy (non-hydrogen) atoms. The second-order valence-electron chi connectivity index (χ2n) is 7.18. The van der Waals surface area contributed by atoms with E-state index in [0.717, 1.165) is 37.7 Å². The van der Waals surface area contributed by atoms with Crippen LogP contribution in [0.2, 0.25) is 5.02 Å². The molecule has 136 valence electrons. The number of hydrogen-bond donors (Lipinski definition) is 1. The van der Waals surface area contributed by atoms with Crippen molar-refractivity contribution in [3.8, 4) is 0 Å². The number of halogens is 1. The smallest absolute Gasteiger partial charge is 0.0458 e. The lowest BCUT2D eigenvalue weighted by atomic mass is 10.1. The molecule has 1 N–H and O–H groups in total. The van der Waals surface area contributed by atoms with Crippen molar-refractivity contribution in [2.24, 2.45) is 0 Å². The largest absolute Gasteiger partial charge is 0.378 e. The lowest BCUT2D eigenvalue weighted by Crippen LogP contribution is -2.45. The van der Waals surface area contributed by atoms with Gasteiger partial charge in [-0.2, -0.15) is 0 Å². The summed E-state index contributed by atoms with van der Waals surface area (Å²) >= 11 is 6.00. The number of rotatable bonds is 4. The number of anilines is 2. The van der Waals surface area contributed by atoms with Crippen LogP contribution in [0.5, 0.6) is 0 Å². The molecular formula is C21H25ClN4. The van der Waals surface area contributed by atoms with Gasteiger partial charge in [0.05, 0.1) is 0 Å². The van der Waals surface area contributed by atoms with Crippen molar-refractivity contribution in [1.29, 1.82) is 0 Å². The summed E-state index contributed by atoms with van der Waals surface area (Å²) in [6.45, 7) is 5.23. The molecule has 1 saturated heterocycles. The lowest BCUT2D eigenvalue weighted by Gasteiger charge is -2.36. The summed E-state index contributed by atoms with van der Waals surface area (Å²) in [4.78, 5) is 10.5. The van der Waals surface area contributed by atoms with Crippen molar-refractivity contribution in [2.75, 3.05) is 50.1 Å². The van der Waals surface area contributed by atoms with Crippen LogP contribution in [0.4, 0.5) is 11.4 Å². The molecule has 5 heteroatoms. The van der Waals surface area contributed by atoms with Crippen LogP contribution in [0.1, 0.15) is 5.56 Å². The van der Waals surface area contributed by atoms with E-state index >= 15 is 0 Å². The van der Waals surface area contributed by atoms with Crippen molar-refractivity contribution in [3.05, 3.63) is 59.2 Å². The van der Waals surface area contributed by atoms with Gasteiger partial charge >= 0.3 is 0 Å². The van der Waals surface area contributed by atoms with Gasteiger partial charge in [0.1, 0.15) is 0 Å². The number of aromatic nitrogens is 1. The predicted molar refractivity (Wildman–Crippen MR) is 112 cm³/mol. The Balaban J connectivity index is 1.43. The van der Waals surface area contributed by atoms with Crippen molar-refractivity contribution >= 4 is 33.9 Å². The molecule has 0 spiro atoms. The number of fused-ring (bicyclic) bond motifs is 1. The molecule has 1 aromatic heterocycles. The zero-order valence-corrected chi connectivity index (χ0v) is 16.1. The van der Waals surface area contributed by atoms with Gasteiger partial charge < -0.3 is 14.8 Å². The highest BCUT2D eigenvalue weighted by atomic mass is 35.5. The summed E-state index contributed by atoms with van der Waals surface area (Å²) in [7, 11) is 4.17. The zero-order chi connectivity index (χ0) is 18.1. The number of nitrogens with one attached hydrogen (secondary N) is 1. The maximum absolute atomic E-state index is 6.00. The minimum atomic E-state index is 0.795. The van der Waals surface area contributed by atoms with E-state index < -0.39 is 0 Å². The maximum Gasteiger partial charge on any atom is 0.0458 e. The molecule has 0 amide bonds. The van der Waals surface area contributed by atoms with E-state index in [1.165, 1.54) is 27.8 Å². The Morgan fingerprint density at radius 3 is 2.42 bits per heavy atom. The molecule has 0 saturated carbocycles. The van der Waals surface area contributed by atoms with Crippen LogP contribution in [0, 0.1) is 0 Å². The van der Waals surface area contributed by atoms with E-state index in [4.69, 9.17) is 11.6 Å². The van der Waals surface area contributed by atoms with Gasteiger partial charge in [-0.25, -0.2) is 0 Å². The summed E-state index contributed by atoms with van der Waals surface area (Å²) in [5, 5.41) is 2.13. The molecule has 2 aromatic carbocycles. The fourth-order valence-electron chi connectivity index (χ4n) is 3.63. The quantitative estimate of drug-likeness (QED) is 0.746. The third kappa shape index (κ3) is 3.53. The normalized spacial score (nSPS) is 15.6. The minimum absolute atomic E-state index is 0.795. The van der Waals surface area contributed by atoms with E-state index in [-0.39, 0.29) is 0 Å². The van der Waals surface area contributed by atoms with E-state index in [9.17, 15) is 0 Å². The first-order chi connectivity index (χ1) is 12.6. The molecule has 0 atom stereocenters. The lowest BCUT2D eigenvalue weighted by molar-refractivity contribution is 0.250. The van der Waals surface area contributed by atoms with Crippen LogP contribution in [-0.4, -0.2) is 50.2 Å². The molecule has 1 fully saturated rings. The Bertz CT molecular complexity index is 877. The number of benzene rings is 2. The molecule has 1 aliphatic heterocycles. The van der Waals surface area contributed by atoms with Gasteiger partial charge in [-0.1, -0.05) is 11.6 Å².